The van der Waals surface area contributed by atoms with Crippen molar-refractivity contribution in [3.63, 3.8) is 0 Å². The molecular weight excluding hydrogens is 316 g/mol. The van der Waals surface area contributed by atoms with Crippen LogP contribution in [0.3, 0.4) is 0 Å². The van der Waals surface area contributed by atoms with E-state index in [1.54, 1.807) is 0 Å². The van der Waals surface area contributed by atoms with Crippen molar-refractivity contribution in [1.29, 1.82) is 0 Å². The molecular formula is C14H14BrClO2. The maximum Gasteiger partial charge on any atom is 0.106 e. The van der Waals surface area contributed by atoms with Crippen LogP contribution in [-0.2, 0) is 6.42 Å². The van der Waals surface area contributed by atoms with E-state index in [9.17, 15) is 5.11 Å². The fraction of sp³-hybridized carbons (Fsp3) is 0.286. The average Bonchev–Trinajstić information content (AvgIpc) is 2.62. The summed E-state index contributed by atoms with van der Waals surface area (Å²) in [5, 5.41) is 10.9. The van der Waals surface area contributed by atoms with Gasteiger partial charge in [0.15, 0.2) is 0 Å². The molecule has 2 aromatic rings. The van der Waals surface area contributed by atoms with Gasteiger partial charge in [0, 0.05) is 21.5 Å². The van der Waals surface area contributed by atoms with Crippen molar-refractivity contribution in [2.75, 3.05) is 0 Å². The zero-order valence-electron chi connectivity index (χ0n) is 10.2. The Bertz CT molecular complexity index is 563. The Balaban J connectivity index is 2.21. The normalized spacial score (nSPS) is 12.7. The lowest BCUT2D eigenvalue weighted by molar-refractivity contribution is 0.176. The number of halogens is 2. The van der Waals surface area contributed by atoms with E-state index in [1.807, 2.05) is 38.1 Å². The molecule has 0 saturated carbocycles. The van der Waals surface area contributed by atoms with Gasteiger partial charge >= 0.3 is 0 Å². The molecule has 1 atom stereocenters. The first-order valence-electron chi connectivity index (χ1n) is 5.66. The summed E-state index contributed by atoms with van der Waals surface area (Å²) in [6, 6.07) is 7.53. The van der Waals surface area contributed by atoms with Gasteiger partial charge in [0.05, 0.1) is 6.10 Å². The molecule has 2 rings (SSSR count). The van der Waals surface area contributed by atoms with Crippen LogP contribution >= 0.6 is 27.5 Å². The molecule has 0 bridgehead atoms. The maximum atomic E-state index is 10.2. The van der Waals surface area contributed by atoms with Crippen LogP contribution in [0.2, 0.25) is 5.02 Å². The summed E-state index contributed by atoms with van der Waals surface area (Å²) in [5.41, 5.74) is 1.75. The number of aliphatic hydroxyl groups is 1. The number of aliphatic hydroxyl groups excluding tert-OH is 1. The first kappa shape index (κ1) is 13.7. The lowest BCUT2D eigenvalue weighted by Gasteiger charge is -2.11. The van der Waals surface area contributed by atoms with Crippen LogP contribution in [0.15, 0.2) is 33.2 Å². The summed E-state index contributed by atoms with van der Waals surface area (Å²) >= 11 is 9.50. The third kappa shape index (κ3) is 2.97. The third-order valence-electron chi connectivity index (χ3n) is 2.87. The van der Waals surface area contributed by atoms with Crippen molar-refractivity contribution >= 4 is 27.5 Å². The molecule has 2 nitrogen and oxygen atoms in total. The number of aryl methyl sites for hydroxylation is 2. The Labute approximate surface area is 120 Å². The van der Waals surface area contributed by atoms with Crippen molar-refractivity contribution in [2.45, 2.75) is 26.4 Å². The molecule has 1 heterocycles. The quantitative estimate of drug-likeness (QED) is 0.893. The van der Waals surface area contributed by atoms with Crippen LogP contribution in [0.1, 0.15) is 28.8 Å². The van der Waals surface area contributed by atoms with Gasteiger partial charge in [0.1, 0.15) is 11.5 Å². The number of rotatable bonds is 3. The van der Waals surface area contributed by atoms with Crippen LogP contribution in [0.4, 0.5) is 0 Å². The highest BCUT2D eigenvalue weighted by Crippen LogP contribution is 2.28. The van der Waals surface area contributed by atoms with E-state index in [0.717, 1.165) is 27.1 Å². The second-order valence-corrected chi connectivity index (χ2v) is 5.65. The van der Waals surface area contributed by atoms with E-state index < -0.39 is 6.10 Å². The molecule has 1 aromatic carbocycles. The van der Waals surface area contributed by atoms with E-state index in [4.69, 9.17) is 16.0 Å². The van der Waals surface area contributed by atoms with Crippen LogP contribution < -0.4 is 0 Å². The maximum absolute atomic E-state index is 10.2. The van der Waals surface area contributed by atoms with Gasteiger partial charge in [-0.25, -0.2) is 0 Å². The van der Waals surface area contributed by atoms with Crippen molar-refractivity contribution < 1.29 is 9.52 Å². The molecule has 0 radical (unpaired) electrons. The predicted octanol–water partition coefficient (Wildman–Crippen LogP) is 4.59. The topological polar surface area (TPSA) is 33.4 Å². The lowest BCUT2D eigenvalue weighted by Crippen LogP contribution is -2.02. The lowest BCUT2D eigenvalue weighted by atomic mass is 10.0. The SMILES string of the molecule is Cc1cc(C(O)Cc2ccc(Br)cc2Cl)c(C)o1. The number of hydrogen-bond donors (Lipinski definition) is 1. The van der Waals surface area contributed by atoms with Crippen LogP contribution in [0, 0.1) is 13.8 Å². The van der Waals surface area contributed by atoms with Gasteiger partial charge in [0.25, 0.3) is 0 Å². The average molecular weight is 330 g/mol. The first-order chi connectivity index (χ1) is 8.47. The minimum absolute atomic E-state index is 0.478. The summed E-state index contributed by atoms with van der Waals surface area (Å²) in [7, 11) is 0. The molecule has 1 unspecified atom stereocenters. The third-order valence-corrected chi connectivity index (χ3v) is 3.71. The highest BCUT2D eigenvalue weighted by atomic mass is 79.9. The molecule has 0 aliphatic rings. The van der Waals surface area contributed by atoms with Gasteiger partial charge < -0.3 is 9.52 Å². The summed E-state index contributed by atoms with van der Waals surface area (Å²) in [6.45, 7) is 3.73. The fourth-order valence-electron chi connectivity index (χ4n) is 1.99. The van der Waals surface area contributed by atoms with E-state index in [2.05, 4.69) is 15.9 Å². The molecule has 96 valence electrons. The molecule has 0 amide bonds. The van der Waals surface area contributed by atoms with Crippen molar-refractivity contribution in [3.05, 3.63) is 56.4 Å². The highest BCUT2D eigenvalue weighted by molar-refractivity contribution is 9.10. The summed E-state index contributed by atoms with van der Waals surface area (Å²) in [4.78, 5) is 0. The minimum atomic E-state index is -0.596. The standard InChI is InChI=1S/C14H14BrClO2/c1-8-5-12(9(2)18-8)14(17)6-10-3-4-11(15)7-13(10)16/h3-5,7,14,17H,6H2,1-2H3. The van der Waals surface area contributed by atoms with Gasteiger partial charge in [-0.05, 0) is 37.6 Å². The van der Waals surface area contributed by atoms with E-state index >= 15 is 0 Å². The summed E-state index contributed by atoms with van der Waals surface area (Å²) in [5.74, 6) is 1.57. The van der Waals surface area contributed by atoms with Crippen molar-refractivity contribution in [2.24, 2.45) is 0 Å². The molecule has 0 spiro atoms. The van der Waals surface area contributed by atoms with Crippen LogP contribution in [0.25, 0.3) is 0 Å². The largest absolute Gasteiger partial charge is 0.466 e. The summed E-state index contributed by atoms with van der Waals surface area (Å²) in [6.07, 6.45) is -0.118. The Morgan fingerprint density at radius 2 is 2.06 bits per heavy atom. The van der Waals surface area contributed by atoms with Crippen LogP contribution in [0.5, 0.6) is 0 Å². The molecule has 1 N–H and O–H groups in total. The van der Waals surface area contributed by atoms with Crippen molar-refractivity contribution in [1.82, 2.24) is 0 Å². The van der Waals surface area contributed by atoms with Gasteiger partial charge in [-0.1, -0.05) is 33.6 Å². The zero-order chi connectivity index (χ0) is 13.3. The predicted molar refractivity (Wildman–Crippen MR) is 76.0 cm³/mol. The molecule has 0 aliphatic carbocycles. The Morgan fingerprint density at radius 3 is 2.61 bits per heavy atom. The Hall–Kier alpha value is -0.770. The van der Waals surface area contributed by atoms with E-state index in [0.29, 0.717) is 11.4 Å². The molecule has 0 fully saturated rings. The monoisotopic (exact) mass is 328 g/mol. The molecule has 0 aliphatic heterocycles. The van der Waals surface area contributed by atoms with Gasteiger partial charge in [-0.3, -0.25) is 0 Å². The molecule has 1 aromatic heterocycles. The second kappa shape index (κ2) is 5.47. The minimum Gasteiger partial charge on any atom is -0.466 e. The molecule has 18 heavy (non-hydrogen) atoms. The second-order valence-electron chi connectivity index (χ2n) is 4.32. The number of benzene rings is 1. The molecule has 0 saturated heterocycles. The van der Waals surface area contributed by atoms with Gasteiger partial charge in [-0.2, -0.15) is 0 Å². The Kier molecular flexibility index (Phi) is 4.15. The highest BCUT2D eigenvalue weighted by Gasteiger charge is 2.16. The number of hydrogen-bond acceptors (Lipinski definition) is 2. The van der Waals surface area contributed by atoms with Crippen molar-refractivity contribution in [3.8, 4) is 0 Å². The van der Waals surface area contributed by atoms with E-state index in [1.165, 1.54) is 0 Å². The molecule has 4 heteroatoms. The Morgan fingerprint density at radius 1 is 1.33 bits per heavy atom. The smallest absolute Gasteiger partial charge is 0.106 e. The van der Waals surface area contributed by atoms with Gasteiger partial charge in [-0.15, -0.1) is 0 Å². The van der Waals surface area contributed by atoms with E-state index in [-0.39, 0.29) is 0 Å². The van der Waals surface area contributed by atoms with Crippen LogP contribution in [-0.4, -0.2) is 5.11 Å². The fourth-order valence-corrected chi connectivity index (χ4v) is 2.74. The van der Waals surface area contributed by atoms with Gasteiger partial charge in [0.2, 0.25) is 0 Å². The summed E-state index contributed by atoms with van der Waals surface area (Å²) < 4.78 is 6.35. The zero-order valence-corrected chi connectivity index (χ0v) is 12.5. The number of furan rings is 1. The first-order valence-corrected chi connectivity index (χ1v) is 6.83.